The Hall–Kier alpha value is -0.890. The number of halogens is 1. The highest BCUT2D eigenvalue weighted by Crippen LogP contribution is 2.28. The van der Waals surface area contributed by atoms with E-state index in [1.165, 1.54) is 5.56 Å². The second-order valence-corrected chi connectivity index (χ2v) is 7.01. The van der Waals surface area contributed by atoms with Crippen molar-refractivity contribution >= 4 is 51.8 Å². The summed E-state index contributed by atoms with van der Waals surface area (Å²) in [5, 5.41) is 7.20. The fraction of sp³-hybridized carbons (Fsp3) is 0.529. The molecule has 0 saturated heterocycles. The third-order valence-corrected chi connectivity index (χ3v) is 5.26. The van der Waals surface area contributed by atoms with Crippen molar-refractivity contribution in [1.82, 2.24) is 8.85 Å². The summed E-state index contributed by atoms with van der Waals surface area (Å²) in [5.41, 5.74) is 2.34. The van der Waals surface area contributed by atoms with Crippen molar-refractivity contribution in [2.24, 2.45) is 11.8 Å². The molecule has 6 heteroatoms. The highest BCUT2D eigenvalue weighted by molar-refractivity contribution is 14.1. The Kier molecular flexibility index (Phi) is 7.55. The van der Waals surface area contributed by atoms with Crippen LogP contribution >= 0.6 is 35.1 Å². The van der Waals surface area contributed by atoms with Crippen LogP contribution in [0.3, 0.4) is 0 Å². The Morgan fingerprint density at radius 2 is 1.87 bits per heavy atom. The van der Waals surface area contributed by atoms with Crippen molar-refractivity contribution in [3.63, 3.8) is 0 Å². The van der Waals surface area contributed by atoms with E-state index < -0.39 is 0 Å². The molecule has 1 saturated carbocycles. The van der Waals surface area contributed by atoms with Crippen LogP contribution in [0.15, 0.2) is 24.3 Å². The molecular weight excluding hydrogens is 421 g/mol. The molecule has 2 rings (SSSR count). The fourth-order valence-electron chi connectivity index (χ4n) is 2.94. The van der Waals surface area contributed by atoms with Gasteiger partial charge in [0.25, 0.3) is 0 Å². The number of anilines is 1. The first kappa shape index (κ1) is 18.4. The maximum absolute atomic E-state index is 11.6. The van der Waals surface area contributed by atoms with Gasteiger partial charge in [-0.05, 0) is 67.9 Å². The molecule has 0 aliphatic heterocycles. The van der Waals surface area contributed by atoms with E-state index in [0.717, 1.165) is 44.3 Å². The van der Waals surface area contributed by atoms with Crippen LogP contribution in [0.1, 0.15) is 38.2 Å². The molecule has 1 aromatic carbocycles. The first-order chi connectivity index (χ1) is 11.1. The van der Waals surface area contributed by atoms with E-state index in [1.807, 2.05) is 22.9 Å². The molecule has 0 radical (unpaired) electrons. The Morgan fingerprint density at radius 3 is 2.43 bits per heavy atom. The normalized spacial score (nSPS) is 20.6. The van der Waals surface area contributed by atoms with E-state index in [9.17, 15) is 4.79 Å². The summed E-state index contributed by atoms with van der Waals surface area (Å²) in [6.45, 7) is 3.02. The predicted octanol–water partition coefficient (Wildman–Crippen LogP) is 3.81. The van der Waals surface area contributed by atoms with E-state index in [0.29, 0.717) is 11.0 Å². The van der Waals surface area contributed by atoms with Crippen LogP contribution in [-0.4, -0.2) is 17.6 Å². The van der Waals surface area contributed by atoms with Crippen LogP contribution in [0.2, 0.25) is 0 Å². The van der Waals surface area contributed by atoms with Gasteiger partial charge in [0.15, 0.2) is 5.11 Å². The molecule has 0 bridgehead atoms. The van der Waals surface area contributed by atoms with Crippen molar-refractivity contribution in [3.05, 3.63) is 29.8 Å². The van der Waals surface area contributed by atoms with Crippen LogP contribution in [0, 0.1) is 11.8 Å². The van der Waals surface area contributed by atoms with Crippen LogP contribution in [0.25, 0.3) is 0 Å². The van der Waals surface area contributed by atoms with E-state index in [-0.39, 0.29) is 11.8 Å². The lowest BCUT2D eigenvalue weighted by atomic mass is 9.82. The number of hydrogen-bond donors (Lipinski definition) is 3. The zero-order chi connectivity index (χ0) is 16.7. The summed E-state index contributed by atoms with van der Waals surface area (Å²) < 4.78 is 2.72. The van der Waals surface area contributed by atoms with Gasteiger partial charge in [0.2, 0.25) is 5.91 Å². The number of carbonyl (C=O) groups excluding carboxylic acids is 1. The monoisotopic (exact) mass is 445 g/mol. The van der Waals surface area contributed by atoms with Gasteiger partial charge in [-0.3, -0.25) is 8.32 Å². The number of rotatable bonds is 5. The smallest absolute Gasteiger partial charge is 0.231 e. The third kappa shape index (κ3) is 5.91. The first-order valence-corrected chi connectivity index (χ1v) is 9.65. The minimum absolute atomic E-state index is 0.171. The van der Waals surface area contributed by atoms with Gasteiger partial charge in [-0.1, -0.05) is 19.1 Å². The lowest BCUT2D eigenvalue weighted by Crippen LogP contribution is -2.35. The fourth-order valence-corrected chi connectivity index (χ4v) is 3.58. The highest BCUT2D eigenvalue weighted by Gasteiger charge is 2.25. The molecule has 0 atom stereocenters. The average Bonchev–Trinajstić information content (AvgIpc) is 2.60. The van der Waals surface area contributed by atoms with Gasteiger partial charge in [-0.25, -0.2) is 0 Å². The van der Waals surface area contributed by atoms with Crippen molar-refractivity contribution in [2.45, 2.75) is 39.0 Å². The molecule has 23 heavy (non-hydrogen) atoms. The third-order valence-electron chi connectivity index (χ3n) is 4.48. The summed E-state index contributed by atoms with van der Waals surface area (Å²) in [5.74, 6) is 0.950. The molecule has 4 nitrogen and oxygen atoms in total. The number of hydrogen-bond acceptors (Lipinski definition) is 2. The van der Waals surface area contributed by atoms with E-state index in [1.54, 1.807) is 0 Å². The second kappa shape index (κ2) is 9.42. The zero-order valence-corrected chi connectivity index (χ0v) is 16.4. The molecule has 0 aromatic heterocycles. The highest BCUT2D eigenvalue weighted by atomic mass is 127. The summed E-state index contributed by atoms with van der Waals surface area (Å²) in [6, 6.07) is 8.34. The molecule has 0 spiro atoms. The SMILES string of the molecule is CCc1ccc(NC(=S)NCC2CCC(C(=O)NI)CC2)cc1. The quantitative estimate of drug-likeness (QED) is 0.367. The molecule has 1 aliphatic rings. The van der Waals surface area contributed by atoms with Gasteiger partial charge < -0.3 is 10.6 Å². The molecule has 1 amide bonds. The number of aryl methyl sites for hydroxylation is 1. The summed E-state index contributed by atoms with van der Waals surface area (Å²) >= 11 is 7.29. The minimum atomic E-state index is 0.171. The average molecular weight is 445 g/mol. The number of carbonyl (C=O) groups is 1. The van der Waals surface area contributed by atoms with Gasteiger partial charge in [-0.2, -0.15) is 0 Å². The van der Waals surface area contributed by atoms with Crippen molar-refractivity contribution in [2.75, 3.05) is 11.9 Å². The summed E-state index contributed by atoms with van der Waals surface area (Å²) in [4.78, 5) is 11.6. The zero-order valence-electron chi connectivity index (χ0n) is 13.4. The van der Waals surface area contributed by atoms with Gasteiger partial charge >= 0.3 is 0 Å². The molecule has 1 fully saturated rings. The number of thiocarbonyl (C=S) groups is 1. The Bertz CT molecular complexity index is 527. The molecule has 0 heterocycles. The van der Waals surface area contributed by atoms with Crippen molar-refractivity contribution in [3.8, 4) is 0 Å². The van der Waals surface area contributed by atoms with Crippen LogP contribution in [0.4, 0.5) is 5.69 Å². The topological polar surface area (TPSA) is 53.2 Å². The van der Waals surface area contributed by atoms with Gasteiger partial charge in [0.05, 0.1) is 22.9 Å². The van der Waals surface area contributed by atoms with E-state index in [4.69, 9.17) is 12.2 Å². The van der Waals surface area contributed by atoms with Gasteiger partial charge in [-0.15, -0.1) is 0 Å². The largest absolute Gasteiger partial charge is 0.362 e. The predicted molar refractivity (Wildman–Crippen MR) is 108 cm³/mol. The van der Waals surface area contributed by atoms with Crippen molar-refractivity contribution < 1.29 is 4.79 Å². The molecule has 1 aromatic rings. The lowest BCUT2D eigenvalue weighted by molar-refractivity contribution is -0.123. The number of benzene rings is 1. The lowest BCUT2D eigenvalue weighted by Gasteiger charge is -2.27. The maximum atomic E-state index is 11.6. The molecule has 1 aliphatic carbocycles. The van der Waals surface area contributed by atoms with Gasteiger partial charge in [0, 0.05) is 18.2 Å². The maximum Gasteiger partial charge on any atom is 0.231 e. The van der Waals surface area contributed by atoms with Crippen LogP contribution in [-0.2, 0) is 11.2 Å². The van der Waals surface area contributed by atoms with E-state index >= 15 is 0 Å². The molecule has 3 N–H and O–H groups in total. The summed E-state index contributed by atoms with van der Waals surface area (Å²) in [7, 11) is 0. The van der Waals surface area contributed by atoms with Gasteiger partial charge in [0.1, 0.15) is 0 Å². The number of nitrogens with one attached hydrogen (secondary N) is 3. The Balaban J connectivity index is 1.69. The van der Waals surface area contributed by atoms with Crippen LogP contribution < -0.4 is 14.2 Å². The molecule has 0 unspecified atom stereocenters. The first-order valence-electron chi connectivity index (χ1n) is 8.16. The minimum Gasteiger partial charge on any atom is -0.362 e. The van der Waals surface area contributed by atoms with E-state index in [2.05, 4.69) is 45.4 Å². The van der Waals surface area contributed by atoms with Crippen molar-refractivity contribution in [1.29, 1.82) is 0 Å². The Labute approximate surface area is 157 Å². The van der Waals surface area contributed by atoms with Crippen LogP contribution in [0.5, 0.6) is 0 Å². The number of amides is 1. The summed E-state index contributed by atoms with van der Waals surface area (Å²) in [6.07, 6.45) is 5.14. The molecular formula is C17H24IN3OS. The Morgan fingerprint density at radius 1 is 1.22 bits per heavy atom. The molecule has 126 valence electrons. The second-order valence-electron chi connectivity index (χ2n) is 6.06. The standard InChI is InChI=1S/C17H24IN3OS/c1-2-12-5-9-15(10-6-12)20-17(23)19-11-13-3-7-14(8-4-13)16(22)21-18/h5-6,9-10,13-14H,2-4,7-8,11H2,1H3,(H,21,22)(H2,19,20,23).